The first-order chi connectivity index (χ1) is 14.4. The summed E-state index contributed by atoms with van der Waals surface area (Å²) in [7, 11) is -3.87. The zero-order valence-electron chi connectivity index (χ0n) is 17.7. The van der Waals surface area contributed by atoms with E-state index in [2.05, 4.69) is 11.8 Å². The molecule has 3 rings (SSSR count). The third kappa shape index (κ3) is 4.87. The van der Waals surface area contributed by atoms with Gasteiger partial charge in [0.2, 0.25) is 16.8 Å². The minimum absolute atomic E-state index is 0.0981. The highest BCUT2D eigenvalue weighted by atomic mass is 32.2. The SMILES string of the molecule is CCCN1CCCCC1C(=O)N1CCN(S(=O)(=O)c2ccc(C(=O)OCC)o2)CC1. The van der Waals surface area contributed by atoms with Crippen LogP contribution in [0.15, 0.2) is 21.6 Å². The molecule has 1 aromatic heterocycles. The largest absolute Gasteiger partial charge is 0.460 e. The zero-order chi connectivity index (χ0) is 21.7. The monoisotopic (exact) mass is 441 g/mol. The van der Waals surface area contributed by atoms with E-state index in [-0.39, 0.29) is 42.5 Å². The summed E-state index contributed by atoms with van der Waals surface area (Å²) in [5.74, 6) is -0.737. The lowest BCUT2D eigenvalue weighted by molar-refractivity contribution is -0.139. The van der Waals surface area contributed by atoms with Gasteiger partial charge < -0.3 is 14.1 Å². The van der Waals surface area contributed by atoms with Crippen LogP contribution in [0.4, 0.5) is 0 Å². The maximum atomic E-state index is 13.1. The first-order valence-corrected chi connectivity index (χ1v) is 12.1. The molecule has 1 atom stereocenters. The molecule has 2 aliphatic rings. The van der Waals surface area contributed by atoms with E-state index in [4.69, 9.17) is 9.15 Å². The third-order valence-corrected chi connectivity index (χ3v) is 7.38. The normalized spacial score (nSPS) is 21.5. The Labute approximate surface area is 178 Å². The van der Waals surface area contributed by atoms with E-state index in [0.717, 1.165) is 38.8 Å². The average molecular weight is 442 g/mol. The maximum Gasteiger partial charge on any atom is 0.374 e. The van der Waals surface area contributed by atoms with E-state index in [1.165, 1.54) is 16.4 Å². The van der Waals surface area contributed by atoms with E-state index >= 15 is 0 Å². The number of furan rings is 1. The Morgan fingerprint density at radius 2 is 1.83 bits per heavy atom. The van der Waals surface area contributed by atoms with Gasteiger partial charge in [-0.2, -0.15) is 4.31 Å². The minimum atomic E-state index is -3.87. The van der Waals surface area contributed by atoms with Crippen LogP contribution in [0.2, 0.25) is 0 Å². The summed E-state index contributed by atoms with van der Waals surface area (Å²) in [4.78, 5) is 28.8. The Balaban J connectivity index is 1.61. The van der Waals surface area contributed by atoms with Crippen molar-refractivity contribution in [3.63, 3.8) is 0 Å². The van der Waals surface area contributed by atoms with E-state index in [1.54, 1.807) is 11.8 Å². The average Bonchev–Trinajstić information content (AvgIpc) is 3.26. The lowest BCUT2D eigenvalue weighted by Gasteiger charge is -2.40. The predicted molar refractivity (Wildman–Crippen MR) is 110 cm³/mol. The number of esters is 1. The van der Waals surface area contributed by atoms with E-state index < -0.39 is 16.0 Å². The van der Waals surface area contributed by atoms with E-state index in [9.17, 15) is 18.0 Å². The van der Waals surface area contributed by atoms with Crippen molar-refractivity contribution in [1.29, 1.82) is 0 Å². The van der Waals surface area contributed by atoms with Gasteiger partial charge in [0.15, 0.2) is 0 Å². The summed E-state index contributed by atoms with van der Waals surface area (Å²) >= 11 is 0. The first-order valence-electron chi connectivity index (χ1n) is 10.7. The lowest BCUT2D eigenvalue weighted by atomic mass is 10.0. The number of carbonyl (C=O) groups excluding carboxylic acids is 2. The Kier molecular flexibility index (Phi) is 7.54. The molecular weight excluding hydrogens is 410 g/mol. The van der Waals surface area contributed by atoms with Crippen LogP contribution in [0.5, 0.6) is 0 Å². The Bertz CT molecular complexity index is 842. The Morgan fingerprint density at radius 3 is 2.50 bits per heavy atom. The highest BCUT2D eigenvalue weighted by molar-refractivity contribution is 7.89. The molecule has 30 heavy (non-hydrogen) atoms. The number of rotatable bonds is 7. The van der Waals surface area contributed by atoms with E-state index in [1.807, 2.05) is 0 Å². The summed E-state index contributed by atoms with van der Waals surface area (Å²) in [6.07, 6.45) is 4.03. The van der Waals surface area contributed by atoms with Gasteiger partial charge in [-0.3, -0.25) is 9.69 Å². The van der Waals surface area contributed by atoms with Gasteiger partial charge >= 0.3 is 5.97 Å². The highest BCUT2D eigenvalue weighted by Gasteiger charge is 2.36. The first kappa shape index (κ1) is 22.8. The molecule has 1 amide bonds. The molecule has 0 N–H and O–H groups in total. The van der Waals surface area contributed by atoms with Crippen LogP contribution in [-0.4, -0.2) is 86.3 Å². The summed E-state index contributed by atoms with van der Waals surface area (Å²) in [6, 6.07) is 2.47. The molecule has 10 heteroatoms. The van der Waals surface area contributed by atoms with Crippen molar-refractivity contribution in [1.82, 2.24) is 14.1 Å². The number of ether oxygens (including phenoxy) is 1. The van der Waals surface area contributed by atoms with Crippen molar-refractivity contribution in [2.45, 2.75) is 50.7 Å². The maximum absolute atomic E-state index is 13.1. The van der Waals surface area contributed by atoms with Crippen LogP contribution in [-0.2, 0) is 19.6 Å². The number of amides is 1. The van der Waals surface area contributed by atoms with E-state index in [0.29, 0.717) is 13.1 Å². The molecule has 1 aromatic rings. The highest BCUT2D eigenvalue weighted by Crippen LogP contribution is 2.23. The number of hydrogen-bond donors (Lipinski definition) is 0. The standard InChI is InChI=1S/C20H31N3O6S/c1-3-10-21-11-6-5-7-16(21)19(24)22-12-14-23(15-13-22)30(26,27)18-9-8-17(29-18)20(25)28-4-2/h8-9,16H,3-7,10-15H2,1-2H3. The van der Waals surface area contributed by atoms with Gasteiger partial charge in [0, 0.05) is 26.2 Å². The fourth-order valence-corrected chi connectivity index (χ4v) is 5.42. The quantitative estimate of drug-likeness (QED) is 0.592. The van der Waals surface area contributed by atoms with Crippen molar-refractivity contribution in [3.8, 4) is 0 Å². The lowest BCUT2D eigenvalue weighted by Crippen LogP contribution is -2.56. The Morgan fingerprint density at radius 1 is 1.10 bits per heavy atom. The molecule has 2 fully saturated rings. The van der Waals surface area contributed by atoms with Gasteiger partial charge in [0.1, 0.15) is 0 Å². The molecule has 0 radical (unpaired) electrons. The smallest absolute Gasteiger partial charge is 0.374 e. The fraction of sp³-hybridized carbons (Fsp3) is 0.700. The number of piperazine rings is 1. The molecule has 2 saturated heterocycles. The molecule has 0 spiro atoms. The van der Waals surface area contributed by atoms with Crippen molar-refractivity contribution >= 4 is 21.9 Å². The van der Waals surface area contributed by atoms with Crippen molar-refractivity contribution in [2.75, 3.05) is 45.9 Å². The molecule has 2 aliphatic heterocycles. The number of piperidine rings is 1. The molecule has 0 bridgehead atoms. The summed E-state index contributed by atoms with van der Waals surface area (Å²) in [5, 5.41) is -0.285. The summed E-state index contributed by atoms with van der Waals surface area (Å²) in [6.45, 7) is 6.89. The molecule has 0 saturated carbocycles. The van der Waals surface area contributed by atoms with Gasteiger partial charge in [-0.05, 0) is 51.4 Å². The van der Waals surface area contributed by atoms with Gasteiger partial charge in [0.05, 0.1) is 12.6 Å². The summed E-state index contributed by atoms with van der Waals surface area (Å²) in [5.41, 5.74) is 0. The second-order valence-corrected chi connectivity index (χ2v) is 9.48. The topological polar surface area (TPSA) is 100 Å². The molecule has 9 nitrogen and oxygen atoms in total. The number of nitrogens with zero attached hydrogens (tertiary/aromatic N) is 3. The predicted octanol–water partition coefficient (Wildman–Crippen LogP) is 1.55. The third-order valence-electron chi connectivity index (χ3n) is 5.61. The minimum Gasteiger partial charge on any atom is -0.460 e. The number of carbonyl (C=O) groups is 2. The van der Waals surface area contributed by atoms with Gasteiger partial charge in [0.25, 0.3) is 10.0 Å². The van der Waals surface area contributed by atoms with Gasteiger partial charge in [-0.15, -0.1) is 0 Å². The summed E-state index contributed by atoms with van der Waals surface area (Å²) < 4.78 is 37.1. The molecule has 1 unspecified atom stereocenters. The van der Waals surface area contributed by atoms with Crippen LogP contribution in [0.3, 0.4) is 0 Å². The van der Waals surface area contributed by atoms with Crippen molar-refractivity contribution < 1.29 is 27.2 Å². The van der Waals surface area contributed by atoms with Crippen molar-refractivity contribution in [2.24, 2.45) is 0 Å². The number of hydrogen-bond acceptors (Lipinski definition) is 7. The molecule has 0 aliphatic carbocycles. The second kappa shape index (κ2) is 9.93. The van der Waals surface area contributed by atoms with Crippen LogP contribution < -0.4 is 0 Å². The van der Waals surface area contributed by atoms with Crippen LogP contribution in [0.25, 0.3) is 0 Å². The molecule has 168 valence electrons. The van der Waals surface area contributed by atoms with Crippen molar-refractivity contribution in [3.05, 3.63) is 17.9 Å². The van der Waals surface area contributed by atoms with Crippen LogP contribution in [0, 0.1) is 0 Å². The molecular formula is C20H31N3O6S. The second-order valence-electron chi connectivity index (χ2n) is 7.62. The fourth-order valence-electron chi connectivity index (χ4n) is 4.08. The van der Waals surface area contributed by atoms with Crippen LogP contribution in [0.1, 0.15) is 50.1 Å². The van der Waals surface area contributed by atoms with Gasteiger partial charge in [-0.1, -0.05) is 13.3 Å². The van der Waals surface area contributed by atoms with Gasteiger partial charge in [-0.25, -0.2) is 13.2 Å². The number of likely N-dealkylation sites (tertiary alicyclic amines) is 1. The Hall–Kier alpha value is -1.91. The van der Waals surface area contributed by atoms with Crippen LogP contribution >= 0.6 is 0 Å². The molecule has 0 aromatic carbocycles. The number of sulfonamides is 1. The zero-order valence-corrected chi connectivity index (χ0v) is 18.5. The molecule has 3 heterocycles.